The van der Waals surface area contributed by atoms with Gasteiger partial charge in [0.2, 0.25) is 0 Å². The summed E-state index contributed by atoms with van der Waals surface area (Å²) in [4.78, 5) is 50.1. The molecule has 128 valence electrons. The molecule has 3 amide bonds. The van der Waals surface area contributed by atoms with E-state index in [2.05, 4.69) is 10.2 Å². The Hall–Kier alpha value is -2.94. The molecule has 9 nitrogen and oxygen atoms in total. The first-order valence-electron chi connectivity index (χ1n) is 7.17. The highest BCUT2D eigenvalue weighted by Crippen LogP contribution is 2.12. The zero-order chi connectivity index (χ0) is 17.5. The van der Waals surface area contributed by atoms with Crippen molar-refractivity contribution < 1.29 is 33.9 Å². The number of carbonyl (C=O) groups is 4. The van der Waals surface area contributed by atoms with Gasteiger partial charge in [0.05, 0.1) is 6.54 Å². The highest BCUT2D eigenvalue weighted by atomic mass is 16.7. The van der Waals surface area contributed by atoms with E-state index in [1.54, 1.807) is 24.3 Å². The van der Waals surface area contributed by atoms with E-state index in [1.807, 2.05) is 6.07 Å². The van der Waals surface area contributed by atoms with E-state index in [0.29, 0.717) is 5.06 Å². The number of ether oxygens (including phenoxy) is 1. The number of alkyl carbamates (subject to hydrolysis) is 1. The fourth-order valence-electron chi connectivity index (χ4n) is 1.85. The number of benzene rings is 1. The monoisotopic (exact) mass is 336 g/mol. The molecule has 1 heterocycles. The van der Waals surface area contributed by atoms with Crippen LogP contribution in [0.15, 0.2) is 30.3 Å². The fourth-order valence-corrected chi connectivity index (χ4v) is 1.85. The summed E-state index contributed by atoms with van der Waals surface area (Å²) in [5, 5.41) is 12.1. The van der Waals surface area contributed by atoms with Crippen molar-refractivity contribution in [2.24, 2.45) is 0 Å². The lowest BCUT2D eigenvalue weighted by molar-refractivity contribution is -0.203. The molecule has 1 aromatic carbocycles. The van der Waals surface area contributed by atoms with E-state index in [1.165, 1.54) is 0 Å². The lowest BCUT2D eigenvalue weighted by atomic mass is 10.2. The van der Waals surface area contributed by atoms with Crippen molar-refractivity contribution in [3.8, 4) is 0 Å². The van der Waals surface area contributed by atoms with E-state index < -0.39 is 36.5 Å². The topological polar surface area (TPSA) is 122 Å². The van der Waals surface area contributed by atoms with Gasteiger partial charge in [-0.2, -0.15) is 0 Å². The Balaban J connectivity index is 1.70. The molecule has 2 N–H and O–H groups in total. The Kier molecular flexibility index (Phi) is 5.85. The van der Waals surface area contributed by atoms with Crippen molar-refractivity contribution in [1.82, 2.24) is 10.4 Å². The van der Waals surface area contributed by atoms with E-state index in [4.69, 9.17) is 4.74 Å². The molecule has 0 aliphatic carbocycles. The number of hydroxylamine groups is 2. The van der Waals surface area contributed by atoms with Crippen LogP contribution in [0.25, 0.3) is 0 Å². The maximum Gasteiger partial charge on any atom is 0.407 e. The molecule has 1 fully saturated rings. The Morgan fingerprint density at radius 2 is 1.79 bits per heavy atom. The van der Waals surface area contributed by atoms with Crippen LogP contribution in [0.4, 0.5) is 4.79 Å². The summed E-state index contributed by atoms with van der Waals surface area (Å²) in [6.45, 7) is -0.452. The maximum atomic E-state index is 11.6. The van der Waals surface area contributed by atoms with Crippen molar-refractivity contribution in [3.63, 3.8) is 0 Å². The summed E-state index contributed by atoms with van der Waals surface area (Å²) in [6.07, 6.45) is -2.67. The highest BCUT2D eigenvalue weighted by Gasteiger charge is 2.34. The third-order valence-electron chi connectivity index (χ3n) is 3.11. The van der Waals surface area contributed by atoms with Crippen LogP contribution in [0.2, 0.25) is 0 Å². The Bertz CT molecular complexity index is 616. The summed E-state index contributed by atoms with van der Waals surface area (Å²) in [6, 6.07) is 8.93. The largest absolute Gasteiger partial charge is 0.445 e. The number of nitrogens with zero attached hydrogens (tertiary/aromatic N) is 1. The Morgan fingerprint density at radius 3 is 2.42 bits per heavy atom. The van der Waals surface area contributed by atoms with E-state index in [0.717, 1.165) is 5.56 Å². The van der Waals surface area contributed by atoms with Gasteiger partial charge in [-0.25, -0.2) is 9.59 Å². The Morgan fingerprint density at radius 1 is 1.17 bits per heavy atom. The summed E-state index contributed by atoms with van der Waals surface area (Å²) in [7, 11) is 0. The number of imide groups is 1. The van der Waals surface area contributed by atoms with Crippen molar-refractivity contribution in [1.29, 1.82) is 0 Å². The van der Waals surface area contributed by atoms with Gasteiger partial charge in [-0.15, -0.1) is 5.06 Å². The van der Waals surface area contributed by atoms with Crippen molar-refractivity contribution in [2.45, 2.75) is 25.6 Å². The standard InChI is InChI=1S/C15H16N2O7/c18-11(14(21)24-17-12(19)6-7-13(17)20)8-16-15(22)23-9-10-4-2-1-3-5-10/h1-5,11,18H,6-9H2,(H,16,22)/t11-/m1/s1. The van der Waals surface area contributed by atoms with Gasteiger partial charge in [-0.3, -0.25) is 9.59 Å². The van der Waals surface area contributed by atoms with E-state index in [9.17, 15) is 24.3 Å². The first-order chi connectivity index (χ1) is 11.5. The van der Waals surface area contributed by atoms with E-state index >= 15 is 0 Å². The van der Waals surface area contributed by atoms with Crippen molar-refractivity contribution >= 4 is 23.9 Å². The molecule has 1 atom stereocenters. The predicted octanol–water partition coefficient (Wildman–Crippen LogP) is -0.119. The number of hydrogen-bond acceptors (Lipinski definition) is 7. The van der Waals surface area contributed by atoms with E-state index in [-0.39, 0.29) is 19.4 Å². The second kappa shape index (κ2) is 8.06. The molecular weight excluding hydrogens is 320 g/mol. The van der Waals surface area contributed by atoms with Crippen LogP contribution in [0.1, 0.15) is 18.4 Å². The van der Waals surface area contributed by atoms with Crippen molar-refractivity contribution in [2.75, 3.05) is 6.54 Å². The molecule has 0 bridgehead atoms. The number of hydrogen-bond donors (Lipinski definition) is 2. The van der Waals surface area contributed by atoms with Gasteiger partial charge in [0.15, 0.2) is 6.10 Å². The summed E-state index contributed by atoms with van der Waals surface area (Å²) < 4.78 is 4.89. The molecule has 1 aromatic rings. The molecule has 0 saturated carbocycles. The van der Waals surface area contributed by atoms with Gasteiger partial charge < -0.3 is 20.0 Å². The van der Waals surface area contributed by atoms with Gasteiger partial charge in [0.25, 0.3) is 11.8 Å². The average Bonchev–Trinajstić information content (AvgIpc) is 2.90. The van der Waals surface area contributed by atoms with Crippen LogP contribution in [0.5, 0.6) is 0 Å². The third-order valence-corrected chi connectivity index (χ3v) is 3.11. The van der Waals surface area contributed by atoms with Crippen LogP contribution in [0.3, 0.4) is 0 Å². The zero-order valence-corrected chi connectivity index (χ0v) is 12.6. The number of aliphatic hydroxyl groups excluding tert-OH is 1. The summed E-state index contributed by atoms with van der Waals surface area (Å²) in [5.74, 6) is -2.53. The minimum absolute atomic E-state index is 0.0317. The molecule has 0 radical (unpaired) electrons. The number of carbonyl (C=O) groups excluding carboxylic acids is 4. The molecule has 24 heavy (non-hydrogen) atoms. The molecule has 0 unspecified atom stereocenters. The SMILES string of the molecule is O=C(NC[C@@H](O)C(=O)ON1C(=O)CCC1=O)OCc1ccccc1. The number of rotatable bonds is 6. The van der Waals surface area contributed by atoms with Gasteiger partial charge in [-0.1, -0.05) is 30.3 Å². The summed E-state index contributed by atoms with van der Waals surface area (Å²) in [5.41, 5.74) is 0.777. The molecule has 0 spiro atoms. The summed E-state index contributed by atoms with van der Waals surface area (Å²) >= 11 is 0. The Labute approximate surface area is 137 Å². The maximum absolute atomic E-state index is 11.6. The zero-order valence-electron chi connectivity index (χ0n) is 12.6. The quantitative estimate of drug-likeness (QED) is 0.694. The third kappa shape index (κ3) is 4.78. The molecule has 9 heteroatoms. The molecular formula is C15H16N2O7. The smallest absolute Gasteiger partial charge is 0.407 e. The molecule has 1 aliphatic heterocycles. The van der Waals surface area contributed by atoms with Crippen molar-refractivity contribution in [3.05, 3.63) is 35.9 Å². The fraction of sp³-hybridized carbons (Fsp3) is 0.333. The van der Waals surface area contributed by atoms with Crippen LogP contribution in [0, 0.1) is 0 Å². The molecule has 0 aromatic heterocycles. The first-order valence-corrected chi connectivity index (χ1v) is 7.17. The lowest BCUT2D eigenvalue weighted by Gasteiger charge is -2.16. The number of nitrogens with one attached hydrogen (secondary N) is 1. The van der Waals surface area contributed by atoms with Crippen LogP contribution < -0.4 is 5.32 Å². The van der Waals surface area contributed by atoms with Crippen LogP contribution >= 0.6 is 0 Å². The first kappa shape index (κ1) is 17.4. The van der Waals surface area contributed by atoms with Gasteiger partial charge in [-0.05, 0) is 5.56 Å². The highest BCUT2D eigenvalue weighted by molar-refractivity contribution is 6.01. The second-order valence-corrected chi connectivity index (χ2v) is 4.95. The number of amides is 3. The normalized spacial score (nSPS) is 15.1. The van der Waals surface area contributed by atoms with Crippen LogP contribution in [-0.2, 0) is 30.6 Å². The lowest BCUT2D eigenvalue weighted by Crippen LogP contribution is -2.42. The second-order valence-electron chi connectivity index (χ2n) is 4.95. The minimum atomic E-state index is -1.74. The van der Waals surface area contributed by atoms with Gasteiger partial charge in [0, 0.05) is 12.8 Å². The minimum Gasteiger partial charge on any atom is -0.445 e. The molecule has 1 saturated heterocycles. The van der Waals surface area contributed by atoms with Crippen LogP contribution in [-0.4, -0.2) is 46.7 Å². The van der Waals surface area contributed by atoms with Gasteiger partial charge >= 0.3 is 12.1 Å². The molecule has 1 aliphatic rings. The molecule has 2 rings (SSSR count). The average molecular weight is 336 g/mol. The number of aliphatic hydroxyl groups is 1. The predicted molar refractivity (Wildman–Crippen MR) is 77.8 cm³/mol. The van der Waals surface area contributed by atoms with Gasteiger partial charge in [0.1, 0.15) is 6.61 Å².